The highest BCUT2D eigenvalue weighted by molar-refractivity contribution is 7.09. The van der Waals surface area contributed by atoms with Crippen molar-refractivity contribution in [2.24, 2.45) is 5.92 Å². The zero-order valence-corrected chi connectivity index (χ0v) is 11.6. The molecule has 1 aromatic heterocycles. The van der Waals surface area contributed by atoms with Crippen molar-refractivity contribution in [1.29, 1.82) is 0 Å². The number of rotatable bonds is 6. The number of carboxylic acids is 1. The fraction of sp³-hybridized carbons (Fsp3) is 0.583. The van der Waals surface area contributed by atoms with Gasteiger partial charge >= 0.3 is 5.97 Å². The van der Waals surface area contributed by atoms with E-state index >= 15 is 0 Å². The van der Waals surface area contributed by atoms with Crippen LogP contribution in [0.4, 0.5) is 0 Å². The highest BCUT2D eigenvalue weighted by atomic mass is 32.1. The van der Waals surface area contributed by atoms with Gasteiger partial charge < -0.3 is 10.4 Å². The number of thiazole rings is 1. The van der Waals surface area contributed by atoms with Crippen LogP contribution in [-0.4, -0.2) is 28.0 Å². The van der Waals surface area contributed by atoms with E-state index in [0.29, 0.717) is 12.1 Å². The first-order valence-electron chi connectivity index (χ1n) is 5.81. The molecule has 1 atom stereocenters. The Morgan fingerprint density at radius 3 is 2.61 bits per heavy atom. The van der Waals surface area contributed by atoms with Crippen molar-refractivity contribution in [3.63, 3.8) is 0 Å². The second-order valence-corrected chi connectivity index (χ2v) is 5.68. The Morgan fingerprint density at radius 1 is 1.50 bits per heavy atom. The molecule has 6 heteroatoms. The second-order valence-electron chi connectivity index (χ2n) is 4.62. The largest absolute Gasteiger partial charge is 0.480 e. The molecular weight excluding hydrogens is 252 g/mol. The van der Waals surface area contributed by atoms with Gasteiger partial charge in [-0.1, -0.05) is 13.8 Å². The van der Waals surface area contributed by atoms with Gasteiger partial charge in [0.05, 0.1) is 17.1 Å². The number of carbonyl (C=O) groups is 2. The number of carboxylic acid groups (broad SMARTS) is 1. The summed E-state index contributed by atoms with van der Waals surface area (Å²) in [6.07, 6.45) is 0.559. The minimum atomic E-state index is -0.994. The van der Waals surface area contributed by atoms with Crippen molar-refractivity contribution in [2.45, 2.75) is 39.7 Å². The first kappa shape index (κ1) is 14.6. The van der Waals surface area contributed by atoms with E-state index in [1.54, 1.807) is 0 Å². The lowest BCUT2D eigenvalue weighted by molar-refractivity contribution is -0.142. The Morgan fingerprint density at radius 2 is 2.17 bits per heavy atom. The minimum Gasteiger partial charge on any atom is -0.480 e. The summed E-state index contributed by atoms with van der Waals surface area (Å²) in [6.45, 7) is 5.71. The fourth-order valence-electron chi connectivity index (χ4n) is 1.59. The molecule has 1 unspecified atom stereocenters. The van der Waals surface area contributed by atoms with E-state index < -0.39 is 12.0 Å². The molecule has 0 aliphatic heterocycles. The normalized spacial score (nSPS) is 12.4. The number of aromatic nitrogens is 1. The highest BCUT2D eigenvalue weighted by Gasteiger charge is 2.21. The molecule has 0 aromatic carbocycles. The molecule has 0 aliphatic rings. The van der Waals surface area contributed by atoms with E-state index in [1.807, 2.05) is 26.2 Å². The van der Waals surface area contributed by atoms with Gasteiger partial charge in [0.25, 0.3) is 0 Å². The van der Waals surface area contributed by atoms with Gasteiger partial charge in [-0.25, -0.2) is 9.78 Å². The minimum absolute atomic E-state index is 0.131. The quantitative estimate of drug-likeness (QED) is 0.823. The smallest absolute Gasteiger partial charge is 0.326 e. The molecule has 0 saturated heterocycles. The molecule has 1 aromatic rings. The predicted octanol–water partition coefficient (Wildman–Crippen LogP) is 1.61. The molecule has 2 N–H and O–H groups in total. The summed E-state index contributed by atoms with van der Waals surface area (Å²) in [5.41, 5.74) is 0.684. The molecule has 100 valence electrons. The Hall–Kier alpha value is -1.43. The van der Waals surface area contributed by atoms with Crippen LogP contribution >= 0.6 is 11.3 Å². The van der Waals surface area contributed by atoms with Gasteiger partial charge in [-0.05, 0) is 19.3 Å². The van der Waals surface area contributed by atoms with Gasteiger partial charge in [0, 0.05) is 5.38 Å². The third kappa shape index (κ3) is 4.83. The molecule has 0 aliphatic carbocycles. The van der Waals surface area contributed by atoms with Crippen molar-refractivity contribution in [3.8, 4) is 0 Å². The van der Waals surface area contributed by atoms with Crippen molar-refractivity contribution >= 4 is 23.2 Å². The maximum absolute atomic E-state index is 11.7. The van der Waals surface area contributed by atoms with Crippen LogP contribution in [0.2, 0.25) is 0 Å². The number of aryl methyl sites for hydroxylation is 1. The molecule has 18 heavy (non-hydrogen) atoms. The van der Waals surface area contributed by atoms with Gasteiger partial charge in [0.15, 0.2) is 0 Å². The molecule has 0 spiro atoms. The maximum Gasteiger partial charge on any atom is 0.326 e. The first-order chi connectivity index (χ1) is 8.38. The lowest BCUT2D eigenvalue weighted by atomic mass is 10.0. The summed E-state index contributed by atoms with van der Waals surface area (Å²) in [5.74, 6) is -1.08. The van der Waals surface area contributed by atoms with Crippen LogP contribution in [0.3, 0.4) is 0 Å². The van der Waals surface area contributed by atoms with Gasteiger partial charge in [0.2, 0.25) is 5.91 Å². The van der Waals surface area contributed by atoms with Gasteiger partial charge in [-0.2, -0.15) is 0 Å². The molecule has 0 saturated carbocycles. The van der Waals surface area contributed by atoms with Crippen LogP contribution in [0.5, 0.6) is 0 Å². The lowest BCUT2D eigenvalue weighted by Crippen LogP contribution is -2.42. The summed E-state index contributed by atoms with van der Waals surface area (Å²) < 4.78 is 0. The molecule has 0 bridgehead atoms. The Balaban J connectivity index is 2.53. The fourth-order valence-corrected chi connectivity index (χ4v) is 2.20. The number of amides is 1. The molecular formula is C12H18N2O3S. The number of hydrogen-bond acceptors (Lipinski definition) is 4. The SMILES string of the molecule is Cc1nc(CC(=O)NC(CC(C)C)C(=O)O)cs1. The third-order valence-electron chi connectivity index (χ3n) is 2.35. The van der Waals surface area contributed by atoms with Gasteiger partial charge in [-0.15, -0.1) is 11.3 Å². The van der Waals surface area contributed by atoms with Crippen LogP contribution in [0.25, 0.3) is 0 Å². The maximum atomic E-state index is 11.7. The summed E-state index contributed by atoms with van der Waals surface area (Å²) >= 11 is 1.47. The zero-order valence-electron chi connectivity index (χ0n) is 10.8. The molecule has 1 heterocycles. The Bertz CT molecular complexity index is 429. The van der Waals surface area contributed by atoms with Crippen molar-refractivity contribution < 1.29 is 14.7 Å². The number of nitrogens with zero attached hydrogens (tertiary/aromatic N) is 1. The topological polar surface area (TPSA) is 79.3 Å². The van der Waals surface area contributed by atoms with Crippen LogP contribution in [0.1, 0.15) is 31.0 Å². The van der Waals surface area contributed by atoms with E-state index in [-0.39, 0.29) is 18.2 Å². The molecule has 0 fully saturated rings. The van der Waals surface area contributed by atoms with E-state index in [2.05, 4.69) is 10.3 Å². The van der Waals surface area contributed by atoms with Crippen molar-refractivity contribution in [1.82, 2.24) is 10.3 Å². The number of nitrogens with one attached hydrogen (secondary N) is 1. The summed E-state index contributed by atoms with van der Waals surface area (Å²) in [5, 5.41) is 14.3. The molecule has 1 rings (SSSR count). The summed E-state index contributed by atoms with van der Waals surface area (Å²) in [7, 11) is 0. The third-order valence-corrected chi connectivity index (χ3v) is 3.17. The monoisotopic (exact) mass is 270 g/mol. The summed E-state index contributed by atoms with van der Waals surface area (Å²) in [4.78, 5) is 26.9. The Labute approximate surface area is 110 Å². The van der Waals surface area contributed by atoms with E-state index in [4.69, 9.17) is 5.11 Å². The molecule has 1 amide bonds. The lowest BCUT2D eigenvalue weighted by Gasteiger charge is -2.16. The molecule has 0 radical (unpaired) electrons. The Kier molecular flexibility index (Phi) is 5.27. The van der Waals surface area contributed by atoms with E-state index in [0.717, 1.165) is 5.01 Å². The first-order valence-corrected chi connectivity index (χ1v) is 6.69. The van der Waals surface area contributed by atoms with E-state index in [1.165, 1.54) is 11.3 Å². The van der Waals surface area contributed by atoms with E-state index in [9.17, 15) is 9.59 Å². The number of aliphatic carboxylic acids is 1. The van der Waals surface area contributed by atoms with Crippen molar-refractivity contribution in [2.75, 3.05) is 0 Å². The second kappa shape index (κ2) is 6.49. The van der Waals surface area contributed by atoms with Gasteiger partial charge in [-0.3, -0.25) is 4.79 Å². The predicted molar refractivity (Wildman–Crippen MR) is 69.6 cm³/mol. The molecule has 5 nitrogen and oxygen atoms in total. The number of carbonyl (C=O) groups excluding carboxylic acids is 1. The van der Waals surface area contributed by atoms with Crippen LogP contribution < -0.4 is 5.32 Å². The number of hydrogen-bond donors (Lipinski definition) is 2. The van der Waals surface area contributed by atoms with Crippen LogP contribution in [-0.2, 0) is 16.0 Å². The van der Waals surface area contributed by atoms with Crippen LogP contribution in [0, 0.1) is 12.8 Å². The standard InChI is InChI=1S/C12H18N2O3S/c1-7(2)4-10(12(16)17)14-11(15)5-9-6-18-8(3)13-9/h6-7,10H,4-5H2,1-3H3,(H,14,15)(H,16,17). The zero-order chi connectivity index (χ0) is 13.7. The van der Waals surface area contributed by atoms with Crippen molar-refractivity contribution in [3.05, 3.63) is 16.1 Å². The van der Waals surface area contributed by atoms with Crippen LogP contribution in [0.15, 0.2) is 5.38 Å². The summed E-state index contributed by atoms with van der Waals surface area (Å²) in [6, 6.07) is -0.822. The highest BCUT2D eigenvalue weighted by Crippen LogP contribution is 2.09. The average molecular weight is 270 g/mol. The van der Waals surface area contributed by atoms with Gasteiger partial charge in [0.1, 0.15) is 6.04 Å². The average Bonchev–Trinajstić information content (AvgIpc) is 2.62.